The molecule has 1 aromatic carbocycles. The monoisotopic (exact) mass is 374 g/mol. The first-order valence-electron chi connectivity index (χ1n) is 6.45. The first-order valence-corrected chi connectivity index (χ1v) is 7.53. The zero-order chi connectivity index (χ0) is 13.8. The third-order valence-corrected chi connectivity index (χ3v) is 4.58. The molecule has 2 atom stereocenters. The number of carbonyl (C=O) groups is 1. The van der Waals surface area contributed by atoms with Crippen molar-refractivity contribution >= 4 is 28.5 Å². The smallest absolute Gasteiger partial charge is 0.255 e. The Hall–Kier alpha value is -0.660. The molecule has 1 amide bonds. The summed E-state index contributed by atoms with van der Waals surface area (Å²) in [6, 6.07) is 7.74. The number of likely N-dealkylation sites (tertiary alicyclic amines) is 1. The van der Waals surface area contributed by atoms with Crippen LogP contribution in [0.3, 0.4) is 0 Å². The van der Waals surface area contributed by atoms with Gasteiger partial charge in [0.25, 0.3) is 5.91 Å². The third-order valence-electron chi connectivity index (χ3n) is 3.64. The molecule has 1 aromatic rings. The number of nitrogens with zero attached hydrogens (tertiary/aromatic N) is 1. The zero-order valence-electron chi connectivity index (χ0n) is 11.0. The second kappa shape index (κ2) is 6.67. The molecule has 4 nitrogen and oxygen atoms in total. The summed E-state index contributed by atoms with van der Waals surface area (Å²) >= 11 is 2.20. The zero-order valence-corrected chi connectivity index (χ0v) is 13.2. The number of hydrogen-bond acceptors (Lipinski definition) is 3. The van der Waals surface area contributed by atoms with Crippen molar-refractivity contribution in [3.63, 3.8) is 0 Å². The van der Waals surface area contributed by atoms with E-state index in [9.17, 15) is 4.79 Å². The van der Waals surface area contributed by atoms with Gasteiger partial charge in [-0.2, -0.15) is 0 Å². The summed E-state index contributed by atoms with van der Waals surface area (Å²) in [5, 5.41) is 0. The van der Waals surface area contributed by atoms with Gasteiger partial charge in [-0.3, -0.25) is 4.79 Å². The van der Waals surface area contributed by atoms with E-state index in [0.29, 0.717) is 13.1 Å². The lowest BCUT2D eigenvalue weighted by molar-refractivity contribution is 0.0138. The number of piperidine rings is 1. The molecule has 0 radical (unpaired) electrons. The second-order valence-corrected chi connectivity index (χ2v) is 5.91. The minimum absolute atomic E-state index is 0.0715. The van der Waals surface area contributed by atoms with Crippen molar-refractivity contribution in [2.45, 2.75) is 25.0 Å². The Labute approximate surface area is 127 Å². The first-order chi connectivity index (χ1) is 9.17. The van der Waals surface area contributed by atoms with Crippen LogP contribution in [0.2, 0.25) is 0 Å². The Bertz CT molecular complexity index is 453. The number of benzene rings is 1. The largest absolute Gasteiger partial charge is 0.381 e. The molecule has 1 aliphatic rings. The minimum atomic E-state index is 0.0715. The van der Waals surface area contributed by atoms with Crippen molar-refractivity contribution in [3.8, 4) is 0 Å². The highest BCUT2D eigenvalue weighted by Crippen LogP contribution is 2.23. The number of halogens is 1. The lowest BCUT2D eigenvalue weighted by Crippen LogP contribution is -2.51. The van der Waals surface area contributed by atoms with Gasteiger partial charge in [0.2, 0.25) is 0 Å². The summed E-state index contributed by atoms with van der Waals surface area (Å²) < 4.78 is 6.37. The number of methoxy groups -OCH3 is 1. The second-order valence-electron chi connectivity index (χ2n) is 4.75. The number of nitrogens with two attached hydrogens (primary N) is 1. The molecule has 2 rings (SSSR count). The Balaban J connectivity index is 2.17. The van der Waals surface area contributed by atoms with Crippen LogP contribution in [-0.2, 0) is 4.74 Å². The minimum Gasteiger partial charge on any atom is -0.381 e. The van der Waals surface area contributed by atoms with Crippen molar-refractivity contribution in [1.29, 1.82) is 0 Å². The fraction of sp³-hybridized carbons (Fsp3) is 0.500. The molecule has 1 fully saturated rings. The van der Waals surface area contributed by atoms with Crippen LogP contribution in [0.1, 0.15) is 23.2 Å². The van der Waals surface area contributed by atoms with Crippen molar-refractivity contribution in [2.75, 3.05) is 20.2 Å². The van der Waals surface area contributed by atoms with Crippen LogP contribution in [0.15, 0.2) is 24.3 Å². The van der Waals surface area contributed by atoms with E-state index in [-0.39, 0.29) is 18.1 Å². The van der Waals surface area contributed by atoms with Crippen LogP contribution in [0, 0.1) is 3.57 Å². The van der Waals surface area contributed by atoms with E-state index < -0.39 is 0 Å². The molecule has 2 unspecified atom stereocenters. The number of carbonyl (C=O) groups excluding carboxylic acids is 1. The normalized spacial score (nSPS) is 23.4. The van der Waals surface area contributed by atoms with Gasteiger partial charge in [0.1, 0.15) is 0 Å². The fourth-order valence-electron chi connectivity index (χ4n) is 2.51. The molecule has 1 heterocycles. The first kappa shape index (κ1) is 14.7. The lowest BCUT2D eigenvalue weighted by Gasteiger charge is -2.38. The van der Waals surface area contributed by atoms with Crippen LogP contribution in [0.4, 0.5) is 0 Å². The lowest BCUT2D eigenvalue weighted by atomic mass is 9.98. The van der Waals surface area contributed by atoms with Crippen molar-refractivity contribution in [1.82, 2.24) is 4.90 Å². The SMILES string of the molecule is COC1CCN(C(=O)c2ccccc2I)C(CN)C1. The summed E-state index contributed by atoms with van der Waals surface area (Å²) in [6.07, 6.45) is 1.91. The Kier molecular flexibility index (Phi) is 5.18. The summed E-state index contributed by atoms with van der Waals surface area (Å²) in [6.45, 7) is 1.19. The van der Waals surface area contributed by atoms with E-state index in [2.05, 4.69) is 22.6 Å². The average molecular weight is 374 g/mol. The molecule has 0 aromatic heterocycles. The highest BCUT2D eigenvalue weighted by Gasteiger charge is 2.31. The van der Waals surface area contributed by atoms with E-state index in [1.165, 1.54) is 0 Å². The number of rotatable bonds is 3. The van der Waals surface area contributed by atoms with E-state index in [1.807, 2.05) is 29.2 Å². The van der Waals surface area contributed by atoms with E-state index >= 15 is 0 Å². The number of amides is 1. The molecule has 5 heteroatoms. The molecule has 0 saturated carbocycles. The van der Waals surface area contributed by atoms with Gasteiger partial charge >= 0.3 is 0 Å². The van der Waals surface area contributed by atoms with Gasteiger partial charge in [0, 0.05) is 29.8 Å². The maximum Gasteiger partial charge on any atom is 0.255 e. The fourth-order valence-corrected chi connectivity index (χ4v) is 3.13. The predicted octanol–water partition coefficient (Wildman–Crippen LogP) is 1.87. The molecule has 0 bridgehead atoms. The Morgan fingerprint density at radius 2 is 2.26 bits per heavy atom. The van der Waals surface area contributed by atoms with Crippen molar-refractivity contribution in [2.24, 2.45) is 5.73 Å². The van der Waals surface area contributed by atoms with Gasteiger partial charge in [-0.1, -0.05) is 12.1 Å². The summed E-state index contributed by atoms with van der Waals surface area (Å²) in [7, 11) is 1.72. The quantitative estimate of drug-likeness (QED) is 0.822. The molecule has 1 aliphatic heterocycles. The van der Waals surface area contributed by atoms with E-state index in [0.717, 1.165) is 22.0 Å². The maximum atomic E-state index is 12.6. The third kappa shape index (κ3) is 3.27. The molecule has 2 N–H and O–H groups in total. The highest BCUT2D eigenvalue weighted by atomic mass is 127. The number of ether oxygens (including phenoxy) is 1. The van der Waals surface area contributed by atoms with Crippen LogP contribution in [-0.4, -0.2) is 43.2 Å². The van der Waals surface area contributed by atoms with Crippen molar-refractivity contribution in [3.05, 3.63) is 33.4 Å². The predicted molar refractivity (Wildman–Crippen MR) is 83.1 cm³/mol. The standard InChI is InChI=1S/C14H19IN2O2/c1-19-11-6-7-17(10(8-11)9-16)14(18)12-4-2-3-5-13(12)15/h2-5,10-11H,6-9,16H2,1H3. The molecule has 19 heavy (non-hydrogen) atoms. The van der Waals surface area contributed by atoms with Gasteiger partial charge in [0.15, 0.2) is 0 Å². The molecule has 104 valence electrons. The molecule has 0 spiro atoms. The van der Waals surface area contributed by atoms with Crippen LogP contribution >= 0.6 is 22.6 Å². The maximum absolute atomic E-state index is 12.6. The Morgan fingerprint density at radius 3 is 2.89 bits per heavy atom. The molecular weight excluding hydrogens is 355 g/mol. The average Bonchev–Trinajstić information content (AvgIpc) is 2.46. The van der Waals surface area contributed by atoms with Gasteiger partial charge in [-0.25, -0.2) is 0 Å². The van der Waals surface area contributed by atoms with Crippen LogP contribution in [0.5, 0.6) is 0 Å². The van der Waals surface area contributed by atoms with Gasteiger partial charge < -0.3 is 15.4 Å². The molecular formula is C14H19IN2O2. The molecule has 0 aliphatic carbocycles. The topological polar surface area (TPSA) is 55.6 Å². The van der Waals surface area contributed by atoms with Gasteiger partial charge in [-0.05, 0) is 47.6 Å². The summed E-state index contributed by atoms with van der Waals surface area (Å²) in [4.78, 5) is 14.5. The summed E-state index contributed by atoms with van der Waals surface area (Å²) in [5.74, 6) is 0.0787. The summed E-state index contributed by atoms with van der Waals surface area (Å²) in [5.41, 5.74) is 6.57. The molecule has 1 saturated heterocycles. The Morgan fingerprint density at radius 1 is 1.53 bits per heavy atom. The van der Waals surface area contributed by atoms with Gasteiger partial charge in [-0.15, -0.1) is 0 Å². The van der Waals surface area contributed by atoms with Crippen LogP contribution in [0.25, 0.3) is 0 Å². The van der Waals surface area contributed by atoms with Crippen molar-refractivity contribution < 1.29 is 9.53 Å². The van der Waals surface area contributed by atoms with Crippen LogP contribution < -0.4 is 5.73 Å². The van der Waals surface area contributed by atoms with E-state index in [1.54, 1.807) is 7.11 Å². The highest BCUT2D eigenvalue weighted by molar-refractivity contribution is 14.1. The number of hydrogen-bond donors (Lipinski definition) is 1. The van der Waals surface area contributed by atoms with E-state index in [4.69, 9.17) is 10.5 Å². The van der Waals surface area contributed by atoms with Gasteiger partial charge in [0.05, 0.1) is 11.7 Å².